The lowest BCUT2D eigenvalue weighted by Gasteiger charge is -2.27. The highest BCUT2D eigenvalue weighted by Crippen LogP contribution is 2.30. The Morgan fingerprint density at radius 3 is 2.59 bits per heavy atom. The van der Waals surface area contributed by atoms with Crippen molar-refractivity contribution in [2.45, 2.75) is 32.8 Å². The smallest absolute Gasteiger partial charge is 0.414 e. The van der Waals surface area contributed by atoms with Gasteiger partial charge >= 0.3 is 12.1 Å². The molecular weight excluding hydrogens is 485 g/mol. The number of cyclic esters (lactones) is 1. The summed E-state index contributed by atoms with van der Waals surface area (Å²) in [5, 5.41) is 5.29. The predicted molar refractivity (Wildman–Crippen MR) is 131 cm³/mol. The van der Waals surface area contributed by atoms with Gasteiger partial charge in [0.1, 0.15) is 29.9 Å². The Balaban J connectivity index is 1.39. The van der Waals surface area contributed by atoms with E-state index in [1.54, 1.807) is 29.2 Å². The molecule has 4 rings (SSSR count). The number of hydrazone groups is 1. The van der Waals surface area contributed by atoms with Gasteiger partial charge in [-0.15, -0.1) is 0 Å². The minimum absolute atomic E-state index is 0.0189. The van der Waals surface area contributed by atoms with Gasteiger partial charge in [-0.2, -0.15) is 5.10 Å². The highest BCUT2D eigenvalue weighted by molar-refractivity contribution is 5.90. The molecule has 2 aliphatic heterocycles. The van der Waals surface area contributed by atoms with Gasteiger partial charge in [-0.25, -0.2) is 19.2 Å². The third-order valence-corrected chi connectivity index (χ3v) is 5.88. The second kappa shape index (κ2) is 11.1. The van der Waals surface area contributed by atoms with Crippen molar-refractivity contribution in [2.75, 3.05) is 36.0 Å². The first-order valence-corrected chi connectivity index (χ1v) is 11.7. The summed E-state index contributed by atoms with van der Waals surface area (Å²) >= 11 is 0. The van der Waals surface area contributed by atoms with Gasteiger partial charge in [0.2, 0.25) is 0 Å². The summed E-state index contributed by atoms with van der Waals surface area (Å²) in [7, 11) is 0. The maximum absolute atomic E-state index is 15.0. The number of hydrogen-bond donors (Lipinski definition) is 0. The number of esters is 1. The summed E-state index contributed by atoms with van der Waals surface area (Å²) in [6, 6.07) is 7.92. The Kier molecular flexibility index (Phi) is 7.75. The van der Waals surface area contributed by atoms with E-state index < -0.39 is 29.9 Å². The van der Waals surface area contributed by atoms with Crippen LogP contribution in [0.4, 0.5) is 20.7 Å². The largest absolute Gasteiger partial charge is 0.456 e. The topological polar surface area (TPSA) is 122 Å². The number of pyridine rings is 1. The highest BCUT2D eigenvalue weighted by Gasteiger charge is 2.32. The van der Waals surface area contributed by atoms with E-state index in [0.29, 0.717) is 42.0 Å². The molecule has 0 saturated carbocycles. The van der Waals surface area contributed by atoms with Gasteiger partial charge in [0.05, 0.1) is 18.8 Å². The molecule has 0 bridgehead atoms. The van der Waals surface area contributed by atoms with Gasteiger partial charge < -0.3 is 19.2 Å². The maximum atomic E-state index is 15.0. The van der Waals surface area contributed by atoms with Crippen LogP contribution in [0.1, 0.15) is 26.7 Å². The zero-order valence-corrected chi connectivity index (χ0v) is 20.4. The average Bonchev–Trinajstić information content (AvgIpc) is 3.26. The van der Waals surface area contributed by atoms with Crippen LogP contribution in [-0.4, -0.2) is 72.4 Å². The molecule has 0 aliphatic carbocycles. The number of ketones is 1. The number of ether oxygens (including phenoxy) is 2. The average molecular weight is 512 g/mol. The first-order valence-electron chi connectivity index (χ1n) is 11.7. The van der Waals surface area contributed by atoms with E-state index in [1.165, 1.54) is 42.4 Å². The molecule has 1 atom stereocenters. The normalized spacial score (nSPS) is 17.1. The highest BCUT2D eigenvalue weighted by atomic mass is 19.1. The van der Waals surface area contributed by atoms with Crippen molar-refractivity contribution in [1.29, 1.82) is 0 Å². The van der Waals surface area contributed by atoms with Crippen LogP contribution in [0, 0.1) is 5.82 Å². The van der Waals surface area contributed by atoms with E-state index in [4.69, 9.17) is 9.47 Å². The fourth-order valence-electron chi connectivity index (χ4n) is 3.91. The minimum atomic E-state index is -0.568. The lowest BCUT2D eigenvalue weighted by atomic mass is 10.1. The van der Waals surface area contributed by atoms with Crippen molar-refractivity contribution >= 4 is 41.6 Å². The summed E-state index contributed by atoms with van der Waals surface area (Å²) in [6.45, 7) is 3.29. The van der Waals surface area contributed by atoms with Crippen molar-refractivity contribution in [1.82, 2.24) is 9.99 Å². The summed E-state index contributed by atoms with van der Waals surface area (Å²) in [5.41, 5.74) is 1.24. The van der Waals surface area contributed by atoms with Crippen LogP contribution in [0.25, 0.3) is 11.1 Å². The van der Waals surface area contributed by atoms with Crippen LogP contribution >= 0.6 is 0 Å². The second-order valence-electron chi connectivity index (χ2n) is 8.65. The molecule has 1 aromatic heterocycles. The molecule has 2 aromatic rings. The van der Waals surface area contributed by atoms with Crippen LogP contribution in [0.5, 0.6) is 0 Å². The van der Waals surface area contributed by atoms with Crippen molar-refractivity contribution in [3.63, 3.8) is 0 Å². The van der Waals surface area contributed by atoms with E-state index in [9.17, 15) is 19.2 Å². The van der Waals surface area contributed by atoms with Crippen LogP contribution in [0.3, 0.4) is 0 Å². The number of carbonyl (C=O) groups is 4. The third-order valence-electron chi connectivity index (χ3n) is 5.88. The first kappa shape index (κ1) is 25.7. The molecule has 2 aliphatic rings. The minimum Gasteiger partial charge on any atom is -0.456 e. The van der Waals surface area contributed by atoms with Gasteiger partial charge in [0, 0.05) is 37.2 Å². The Morgan fingerprint density at radius 1 is 1.16 bits per heavy atom. The summed E-state index contributed by atoms with van der Waals surface area (Å²) in [4.78, 5) is 53.8. The van der Waals surface area contributed by atoms with Crippen molar-refractivity contribution < 1.29 is 33.0 Å². The van der Waals surface area contributed by atoms with Crippen molar-refractivity contribution in [3.05, 3.63) is 42.3 Å². The molecule has 0 N–H and O–H groups in total. The number of nitrogens with zero attached hydrogens (tertiary/aromatic N) is 5. The van der Waals surface area contributed by atoms with Crippen LogP contribution in [0.15, 0.2) is 41.6 Å². The molecule has 37 heavy (non-hydrogen) atoms. The molecule has 1 fully saturated rings. The van der Waals surface area contributed by atoms with Gasteiger partial charge in [-0.3, -0.25) is 14.5 Å². The molecule has 0 radical (unpaired) electrons. The first-order chi connectivity index (χ1) is 17.7. The number of amides is 2. The number of halogens is 1. The molecule has 1 saturated heterocycles. The Labute approximate surface area is 212 Å². The van der Waals surface area contributed by atoms with Crippen molar-refractivity contribution in [2.24, 2.45) is 5.10 Å². The molecule has 2 amide bonds. The number of hydrogen-bond acceptors (Lipinski definition) is 9. The second-order valence-corrected chi connectivity index (χ2v) is 8.65. The van der Waals surface area contributed by atoms with Crippen LogP contribution in [0.2, 0.25) is 0 Å². The summed E-state index contributed by atoms with van der Waals surface area (Å²) in [5.74, 6) is -0.909. The molecule has 1 aromatic carbocycles. The van der Waals surface area contributed by atoms with Gasteiger partial charge in [0.25, 0.3) is 5.91 Å². The summed E-state index contributed by atoms with van der Waals surface area (Å²) in [6.07, 6.45) is 2.75. The van der Waals surface area contributed by atoms with Gasteiger partial charge in [0.15, 0.2) is 6.61 Å². The number of aromatic nitrogens is 1. The molecule has 3 heterocycles. The molecule has 0 spiro atoms. The number of anilines is 2. The van der Waals surface area contributed by atoms with E-state index in [1.807, 2.05) is 0 Å². The lowest BCUT2D eigenvalue weighted by Crippen LogP contribution is -2.42. The molecule has 11 nitrogen and oxygen atoms in total. The third kappa shape index (κ3) is 6.26. The molecule has 194 valence electrons. The monoisotopic (exact) mass is 511 g/mol. The van der Waals surface area contributed by atoms with E-state index in [0.717, 1.165) is 0 Å². The number of carbonyl (C=O) groups excluding carboxylic acids is 4. The van der Waals surface area contributed by atoms with Gasteiger partial charge in [-0.1, -0.05) is 0 Å². The summed E-state index contributed by atoms with van der Waals surface area (Å²) < 4.78 is 25.0. The maximum Gasteiger partial charge on any atom is 0.414 e. The molecule has 0 unspecified atom stereocenters. The van der Waals surface area contributed by atoms with Gasteiger partial charge in [-0.05, 0) is 43.7 Å². The predicted octanol–water partition coefficient (Wildman–Crippen LogP) is 2.74. The SMILES string of the molecule is CC(=O)CC[C@H]1CN(c2ccc(-c3ccc(N4C=NN(C(=O)COC(C)=O)CC4)nc3)c(F)c2)C(=O)O1. The standard InChI is InChI=1S/C25H26FN5O6/c1-16(32)3-6-20-13-30(25(35)37-20)19-5-7-21(22(26)11-19)18-4-8-23(27-12-18)29-9-10-31(28-15-29)24(34)14-36-17(2)33/h4-5,7-8,11-12,15,20H,3,6,9-10,13-14H2,1-2H3/t20-/m0/s1. The van der Waals surface area contributed by atoms with Crippen LogP contribution < -0.4 is 9.80 Å². The van der Waals surface area contributed by atoms with E-state index in [-0.39, 0.29) is 25.5 Å². The molecule has 12 heteroatoms. The Morgan fingerprint density at radius 2 is 1.97 bits per heavy atom. The zero-order valence-electron chi connectivity index (χ0n) is 20.4. The Hall–Kier alpha value is -4.35. The Bertz CT molecular complexity index is 1230. The van der Waals surface area contributed by atoms with Crippen molar-refractivity contribution in [3.8, 4) is 11.1 Å². The van der Waals surface area contributed by atoms with Crippen LogP contribution in [-0.2, 0) is 23.9 Å². The number of rotatable bonds is 8. The molecular formula is C25H26FN5O6. The quantitative estimate of drug-likeness (QED) is 0.496. The zero-order chi connectivity index (χ0) is 26.5. The van der Waals surface area contributed by atoms with E-state index in [2.05, 4.69) is 10.1 Å². The number of benzene rings is 1. The number of Topliss-reactive ketones (excluding diaryl/α,β-unsaturated/α-hetero) is 1. The lowest BCUT2D eigenvalue weighted by molar-refractivity contribution is -0.150. The fourth-order valence-corrected chi connectivity index (χ4v) is 3.91. The van der Waals surface area contributed by atoms with E-state index >= 15 is 4.39 Å². The fraction of sp³-hybridized carbons (Fsp3) is 0.360.